The van der Waals surface area contributed by atoms with E-state index < -0.39 is 5.54 Å². The first-order chi connectivity index (χ1) is 8.23. The van der Waals surface area contributed by atoms with E-state index >= 15 is 0 Å². The van der Waals surface area contributed by atoms with Crippen LogP contribution in [0.3, 0.4) is 0 Å². The van der Waals surface area contributed by atoms with Crippen LogP contribution < -0.4 is 11.1 Å². The summed E-state index contributed by atoms with van der Waals surface area (Å²) in [6, 6.07) is 0.451. The third-order valence-corrected chi connectivity index (χ3v) is 3.44. The Bertz CT molecular complexity index is 255. The molecule has 0 saturated heterocycles. The van der Waals surface area contributed by atoms with Crippen molar-refractivity contribution in [1.82, 2.24) is 10.2 Å². The lowest BCUT2D eigenvalue weighted by atomic mass is 9.98. The summed E-state index contributed by atoms with van der Waals surface area (Å²) < 4.78 is 0. The summed E-state index contributed by atoms with van der Waals surface area (Å²) in [5.41, 5.74) is 4.89. The zero-order valence-electron chi connectivity index (χ0n) is 12.9. The molecule has 0 heterocycles. The van der Waals surface area contributed by atoms with Gasteiger partial charge in [0.1, 0.15) is 5.54 Å². The normalized spacial score (nSPS) is 16.9. The Kier molecular flexibility index (Phi) is 7.48. The van der Waals surface area contributed by atoms with Crippen LogP contribution in [0.5, 0.6) is 0 Å². The Hall–Kier alpha value is -0.610. The van der Waals surface area contributed by atoms with Crippen molar-refractivity contribution in [1.29, 1.82) is 0 Å². The third kappa shape index (κ3) is 5.83. The molecular formula is C14H31N3O. The van der Waals surface area contributed by atoms with Crippen LogP contribution in [0.4, 0.5) is 0 Å². The van der Waals surface area contributed by atoms with E-state index in [1.807, 2.05) is 6.92 Å². The van der Waals surface area contributed by atoms with E-state index in [2.05, 4.69) is 45.0 Å². The first-order valence-corrected chi connectivity index (χ1v) is 6.98. The van der Waals surface area contributed by atoms with Crippen molar-refractivity contribution in [2.24, 2.45) is 11.7 Å². The van der Waals surface area contributed by atoms with Crippen LogP contribution in [-0.4, -0.2) is 42.5 Å². The zero-order valence-corrected chi connectivity index (χ0v) is 12.9. The number of nitrogens with two attached hydrogens (primary N) is 1. The summed E-state index contributed by atoms with van der Waals surface area (Å²) in [7, 11) is 2.06. The molecule has 0 aromatic carbocycles. The highest BCUT2D eigenvalue weighted by molar-refractivity contribution is 5.84. The van der Waals surface area contributed by atoms with Gasteiger partial charge in [0, 0.05) is 12.6 Å². The smallest absolute Gasteiger partial charge is 0.238 e. The number of hydrogen-bond acceptors (Lipinski definition) is 3. The Morgan fingerprint density at radius 3 is 2.33 bits per heavy atom. The summed E-state index contributed by atoms with van der Waals surface area (Å²) in [5, 5.41) is 3.27. The maximum atomic E-state index is 11.6. The number of nitrogens with zero attached hydrogens (tertiary/aromatic N) is 1. The quantitative estimate of drug-likeness (QED) is 0.659. The molecule has 2 atom stereocenters. The van der Waals surface area contributed by atoms with E-state index in [4.69, 9.17) is 5.73 Å². The van der Waals surface area contributed by atoms with Crippen molar-refractivity contribution in [2.45, 2.75) is 59.0 Å². The predicted molar refractivity (Wildman–Crippen MR) is 77.4 cm³/mol. The summed E-state index contributed by atoms with van der Waals surface area (Å²) in [4.78, 5) is 13.9. The van der Waals surface area contributed by atoms with Crippen molar-refractivity contribution >= 4 is 5.91 Å². The summed E-state index contributed by atoms with van der Waals surface area (Å²) in [6.45, 7) is 12.1. The molecule has 1 amide bonds. The van der Waals surface area contributed by atoms with Gasteiger partial charge >= 0.3 is 0 Å². The Labute approximate surface area is 112 Å². The number of likely N-dealkylation sites (N-methyl/N-ethyl adjacent to an activating group) is 1. The molecular weight excluding hydrogens is 226 g/mol. The van der Waals surface area contributed by atoms with Crippen LogP contribution in [0.2, 0.25) is 0 Å². The molecule has 0 aliphatic heterocycles. The van der Waals surface area contributed by atoms with Crippen LogP contribution in [0, 0.1) is 5.92 Å². The van der Waals surface area contributed by atoms with Crippen LogP contribution in [0.1, 0.15) is 47.5 Å². The number of nitrogens with one attached hydrogen (secondary N) is 1. The van der Waals surface area contributed by atoms with Gasteiger partial charge in [0.05, 0.1) is 0 Å². The van der Waals surface area contributed by atoms with Crippen LogP contribution in [0.25, 0.3) is 0 Å². The van der Waals surface area contributed by atoms with Crippen LogP contribution >= 0.6 is 0 Å². The summed E-state index contributed by atoms with van der Waals surface area (Å²) in [6.07, 6.45) is 2.12. The van der Waals surface area contributed by atoms with Gasteiger partial charge in [-0.05, 0) is 46.2 Å². The van der Waals surface area contributed by atoms with Crippen LogP contribution in [-0.2, 0) is 4.79 Å². The molecule has 0 spiro atoms. The fourth-order valence-electron chi connectivity index (χ4n) is 2.14. The van der Waals surface area contributed by atoms with Gasteiger partial charge < -0.3 is 16.0 Å². The molecule has 3 N–H and O–H groups in total. The van der Waals surface area contributed by atoms with Gasteiger partial charge in [0.25, 0.3) is 0 Å². The molecule has 0 aromatic heterocycles. The molecule has 0 aliphatic carbocycles. The highest BCUT2D eigenvalue weighted by atomic mass is 16.1. The van der Waals surface area contributed by atoms with Gasteiger partial charge in [-0.2, -0.15) is 0 Å². The molecule has 0 rings (SSSR count). The van der Waals surface area contributed by atoms with Gasteiger partial charge in [-0.15, -0.1) is 0 Å². The molecule has 0 aromatic rings. The molecule has 0 bridgehead atoms. The minimum Gasteiger partial charge on any atom is -0.368 e. The maximum absolute atomic E-state index is 11.6. The molecule has 4 nitrogen and oxygen atoms in total. The Morgan fingerprint density at radius 2 is 1.94 bits per heavy atom. The van der Waals surface area contributed by atoms with E-state index in [-0.39, 0.29) is 5.91 Å². The van der Waals surface area contributed by atoms with Crippen molar-refractivity contribution in [2.75, 3.05) is 20.1 Å². The van der Waals surface area contributed by atoms with E-state index in [9.17, 15) is 4.79 Å². The standard InChI is InChI=1S/C14H31N3O/c1-7-8-16-14(5,13(15)18)10-17(6)12(4)9-11(2)3/h11-12,16H,7-10H2,1-6H3,(H2,15,18). The highest BCUT2D eigenvalue weighted by Gasteiger charge is 2.32. The molecule has 4 heteroatoms. The van der Waals surface area contributed by atoms with E-state index in [0.717, 1.165) is 19.4 Å². The molecule has 108 valence electrons. The minimum atomic E-state index is -0.643. The van der Waals surface area contributed by atoms with Crippen molar-refractivity contribution < 1.29 is 4.79 Å². The van der Waals surface area contributed by atoms with Gasteiger partial charge in [-0.25, -0.2) is 0 Å². The number of carbonyl (C=O) groups is 1. The highest BCUT2D eigenvalue weighted by Crippen LogP contribution is 2.13. The third-order valence-electron chi connectivity index (χ3n) is 3.44. The monoisotopic (exact) mass is 257 g/mol. The molecule has 0 fully saturated rings. The lowest BCUT2D eigenvalue weighted by Gasteiger charge is -2.35. The molecule has 0 saturated carbocycles. The van der Waals surface area contributed by atoms with Gasteiger partial charge in [0.15, 0.2) is 0 Å². The van der Waals surface area contributed by atoms with Gasteiger partial charge in [0.2, 0.25) is 5.91 Å². The summed E-state index contributed by atoms with van der Waals surface area (Å²) >= 11 is 0. The zero-order chi connectivity index (χ0) is 14.3. The van der Waals surface area contributed by atoms with E-state index in [1.54, 1.807) is 0 Å². The Morgan fingerprint density at radius 1 is 1.39 bits per heavy atom. The molecule has 18 heavy (non-hydrogen) atoms. The fraction of sp³-hybridized carbons (Fsp3) is 0.929. The van der Waals surface area contributed by atoms with E-state index in [0.29, 0.717) is 18.5 Å². The van der Waals surface area contributed by atoms with Gasteiger partial charge in [-0.1, -0.05) is 20.8 Å². The predicted octanol–water partition coefficient (Wildman–Crippen LogP) is 1.60. The average molecular weight is 257 g/mol. The minimum absolute atomic E-state index is 0.278. The number of carbonyl (C=O) groups excluding carboxylic acids is 1. The topological polar surface area (TPSA) is 58.4 Å². The van der Waals surface area contributed by atoms with Crippen molar-refractivity contribution in [3.05, 3.63) is 0 Å². The lowest BCUT2D eigenvalue weighted by Crippen LogP contribution is -2.60. The molecule has 2 unspecified atom stereocenters. The fourth-order valence-corrected chi connectivity index (χ4v) is 2.14. The van der Waals surface area contributed by atoms with Gasteiger partial charge in [-0.3, -0.25) is 4.79 Å². The first-order valence-electron chi connectivity index (χ1n) is 6.98. The average Bonchev–Trinajstić information content (AvgIpc) is 2.25. The number of primary amides is 1. The molecule has 0 aliphatic rings. The number of rotatable bonds is 9. The number of amides is 1. The summed E-state index contributed by atoms with van der Waals surface area (Å²) in [5.74, 6) is 0.380. The van der Waals surface area contributed by atoms with Crippen molar-refractivity contribution in [3.8, 4) is 0 Å². The van der Waals surface area contributed by atoms with Crippen molar-refractivity contribution in [3.63, 3.8) is 0 Å². The van der Waals surface area contributed by atoms with Crippen LogP contribution in [0.15, 0.2) is 0 Å². The maximum Gasteiger partial charge on any atom is 0.238 e. The largest absolute Gasteiger partial charge is 0.368 e. The second kappa shape index (κ2) is 7.74. The number of hydrogen-bond donors (Lipinski definition) is 2. The SMILES string of the molecule is CCCNC(C)(CN(C)C(C)CC(C)C)C(N)=O. The molecule has 0 radical (unpaired) electrons. The second-order valence-electron chi connectivity index (χ2n) is 6.02. The second-order valence-corrected chi connectivity index (χ2v) is 6.02. The lowest BCUT2D eigenvalue weighted by molar-refractivity contribution is -0.124. The van der Waals surface area contributed by atoms with E-state index in [1.165, 1.54) is 0 Å². The first kappa shape index (κ1) is 17.4. The Balaban J connectivity index is 4.52.